The van der Waals surface area contributed by atoms with Gasteiger partial charge in [0, 0.05) is 11.8 Å². The van der Waals surface area contributed by atoms with Crippen LogP contribution in [0.1, 0.15) is 0 Å². The summed E-state index contributed by atoms with van der Waals surface area (Å²) in [4.78, 5) is 0. The molecule has 0 saturated carbocycles. The third kappa shape index (κ3) is 1.35. The van der Waals surface area contributed by atoms with E-state index in [0.717, 1.165) is 5.56 Å². The fourth-order valence-corrected chi connectivity index (χ4v) is 1.65. The van der Waals surface area contributed by atoms with Crippen molar-refractivity contribution in [3.8, 4) is 11.4 Å². The van der Waals surface area contributed by atoms with E-state index < -0.39 is 0 Å². The standard InChI is InChI=1S/C12H8FN3/c13-10-6-7-11-14-15-12(16(11)8-10)9-4-2-1-3-5-9/h1-8H. The minimum absolute atomic E-state index is 0.301. The fraction of sp³-hybridized carbons (Fsp3) is 0. The van der Waals surface area contributed by atoms with E-state index in [1.807, 2.05) is 30.3 Å². The van der Waals surface area contributed by atoms with E-state index >= 15 is 0 Å². The van der Waals surface area contributed by atoms with Gasteiger partial charge < -0.3 is 0 Å². The monoisotopic (exact) mass is 213 g/mol. The fourth-order valence-electron chi connectivity index (χ4n) is 1.65. The molecule has 3 aromatic rings. The molecule has 0 spiro atoms. The first-order valence-corrected chi connectivity index (χ1v) is 4.90. The van der Waals surface area contributed by atoms with Gasteiger partial charge in [0.05, 0.1) is 0 Å². The Hall–Kier alpha value is -2.23. The topological polar surface area (TPSA) is 30.2 Å². The predicted molar refractivity (Wildman–Crippen MR) is 58.4 cm³/mol. The molecule has 0 amide bonds. The zero-order valence-electron chi connectivity index (χ0n) is 8.34. The second-order valence-electron chi connectivity index (χ2n) is 3.47. The number of nitrogens with zero attached hydrogens (tertiary/aromatic N) is 3. The number of hydrogen-bond donors (Lipinski definition) is 0. The van der Waals surface area contributed by atoms with Crippen LogP contribution in [0.25, 0.3) is 17.0 Å². The average Bonchev–Trinajstić information content (AvgIpc) is 2.73. The molecule has 0 aliphatic carbocycles. The van der Waals surface area contributed by atoms with Crippen molar-refractivity contribution in [3.63, 3.8) is 0 Å². The Kier molecular flexibility index (Phi) is 1.93. The molecule has 0 radical (unpaired) electrons. The molecule has 0 aliphatic rings. The van der Waals surface area contributed by atoms with E-state index in [2.05, 4.69) is 10.2 Å². The van der Waals surface area contributed by atoms with Crippen LogP contribution in [0.4, 0.5) is 4.39 Å². The van der Waals surface area contributed by atoms with Crippen molar-refractivity contribution in [2.45, 2.75) is 0 Å². The Morgan fingerprint density at radius 3 is 2.56 bits per heavy atom. The highest BCUT2D eigenvalue weighted by atomic mass is 19.1. The van der Waals surface area contributed by atoms with Crippen molar-refractivity contribution in [1.82, 2.24) is 14.6 Å². The highest BCUT2D eigenvalue weighted by Gasteiger charge is 2.07. The highest BCUT2D eigenvalue weighted by Crippen LogP contribution is 2.17. The molecule has 0 N–H and O–H groups in total. The summed E-state index contributed by atoms with van der Waals surface area (Å²) in [5, 5.41) is 8.04. The molecule has 0 bridgehead atoms. The van der Waals surface area contributed by atoms with Crippen LogP contribution in [0.3, 0.4) is 0 Å². The molecule has 0 saturated heterocycles. The van der Waals surface area contributed by atoms with E-state index in [1.54, 1.807) is 10.5 Å². The summed E-state index contributed by atoms with van der Waals surface area (Å²) >= 11 is 0. The van der Waals surface area contributed by atoms with Crippen LogP contribution < -0.4 is 0 Å². The Balaban J connectivity index is 2.29. The van der Waals surface area contributed by atoms with Crippen molar-refractivity contribution in [3.05, 3.63) is 54.5 Å². The molecule has 2 heterocycles. The first-order chi connectivity index (χ1) is 7.84. The van der Waals surface area contributed by atoms with Crippen LogP contribution in [-0.4, -0.2) is 14.6 Å². The van der Waals surface area contributed by atoms with Gasteiger partial charge in [0.15, 0.2) is 11.5 Å². The molecular weight excluding hydrogens is 205 g/mol. The Labute approximate surface area is 91.2 Å². The van der Waals surface area contributed by atoms with E-state index in [-0.39, 0.29) is 5.82 Å². The molecule has 2 aromatic heterocycles. The zero-order valence-corrected chi connectivity index (χ0v) is 8.34. The second kappa shape index (κ2) is 3.41. The SMILES string of the molecule is Fc1ccc2nnc(-c3ccccc3)n2c1. The molecule has 4 heteroatoms. The normalized spacial score (nSPS) is 10.8. The van der Waals surface area contributed by atoms with Crippen molar-refractivity contribution < 1.29 is 4.39 Å². The summed E-state index contributed by atoms with van der Waals surface area (Å²) in [6, 6.07) is 12.6. The number of rotatable bonds is 1. The molecule has 0 aliphatic heterocycles. The molecule has 16 heavy (non-hydrogen) atoms. The molecule has 0 unspecified atom stereocenters. The van der Waals surface area contributed by atoms with Crippen molar-refractivity contribution in [2.75, 3.05) is 0 Å². The second-order valence-corrected chi connectivity index (χ2v) is 3.47. The van der Waals surface area contributed by atoms with Gasteiger partial charge in [-0.3, -0.25) is 4.40 Å². The molecule has 3 rings (SSSR count). The maximum absolute atomic E-state index is 13.1. The van der Waals surface area contributed by atoms with Crippen LogP contribution in [0, 0.1) is 5.82 Å². The lowest BCUT2D eigenvalue weighted by atomic mass is 10.2. The lowest BCUT2D eigenvalue weighted by Gasteiger charge is -1.99. The summed E-state index contributed by atoms with van der Waals surface area (Å²) in [7, 11) is 0. The summed E-state index contributed by atoms with van der Waals surface area (Å²) in [5.41, 5.74) is 1.56. The number of hydrogen-bond acceptors (Lipinski definition) is 2. The highest BCUT2D eigenvalue weighted by molar-refractivity contribution is 5.59. The van der Waals surface area contributed by atoms with Gasteiger partial charge >= 0.3 is 0 Å². The lowest BCUT2D eigenvalue weighted by Crippen LogP contribution is -1.90. The van der Waals surface area contributed by atoms with Gasteiger partial charge in [-0.1, -0.05) is 30.3 Å². The molecule has 78 valence electrons. The van der Waals surface area contributed by atoms with Crippen LogP contribution in [0.15, 0.2) is 48.7 Å². The molecule has 0 fully saturated rings. The quantitative estimate of drug-likeness (QED) is 0.621. The third-order valence-corrected chi connectivity index (χ3v) is 2.40. The van der Waals surface area contributed by atoms with Crippen LogP contribution in [0.2, 0.25) is 0 Å². The van der Waals surface area contributed by atoms with Gasteiger partial charge in [0.2, 0.25) is 0 Å². The summed E-state index contributed by atoms with van der Waals surface area (Å²) in [6.07, 6.45) is 1.39. The van der Waals surface area contributed by atoms with Crippen molar-refractivity contribution >= 4 is 5.65 Å². The number of fused-ring (bicyclic) bond motifs is 1. The van der Waals surface area contributed by atoms with Gasteiger partial charge in [-0.15, -0.1) is 10.2 Å². The first kappa shape index (κ1) is 9.03. The van der Waals surface area contributed by atoms with Crippen molar-refractivity contribution in [2.24, 2.45) is 0 Å². The number of aromatic nitrogens is 3. The zero-order chi connectivity index (χ0) is 11.0. The Morgan fingerprint density at radius 1 is 0.938 bits per heavy atom. The van der Waals surface area contributed by atoms with Gasteiger partial charge in [-0.2, -0.15) is 0 Å². The maximum atomic E-state index is 13.1. The summed E-state index contributed by atoms with van der Waals surface area (Å²) < 4.78 is 14.8. The van der Waals surface area contributed by atoms with Gasteiger partial charge in [0.25, 0.3) is 0 Å². The Bertz CT molecular complexity index is 631. The lowest BCUT2D eigenvalue weighted by molar-refractivity contribution is 0.619. The van der Waals surface area contributed by atoms with E-state index in [9.17, 15) is 4.39 Å². The molecule has 1 aromatic carbocycles. The maximum Gasteiger partial charge on any atom is 0.168 e. The Morgan fingerprint density at radius 2 is 1.75 bits per heavy atom. The van der Waals surface area contributed by atoms with E-state index in [1.165, 1.54) is 12.3 Å². The van der Waals surface area contributed by atoms with Gasteiger partial charge in [0.1, 0.15) is 5.82 Å². The minimum atomic E-state index is -0.301. The third-order valence-electron chi connectivity index (χ3n) is 2.40. The number of halogens is 1. The summed E-state index contributed by atoms with van der Waals surface area (Å²) in [5.74, 6) is 0.347. The van der Waals surface area contributed by atoms with Crippen LogP contribution in [-0.2, 0) is 0 Å². The predicted octanol–water partition coefficient (Wildman–Crippen LogP) is 2.54. The van der Waals surface area contributed by atoms with E-state index in [0.29, 0.717) is 11.5 Å². The molecule has 3 nitrogen and oxygen atoms in total. The molecular formula is C12H8FN3. The number of pyridine rings is 1. The van der Waals surface area contributed by atoms with Gasteiger partial charge in [-0.25, -0.2) is 4.39 Å². The minimum Gasteiger partial charge on any atom is -0.279 e. The smallest absolute Gasteiger partial charge is 0.168 e. The number of benzene rings is 1. The summed E-state index contributed by atoms with van der Waals surface area (Å²) in [6.45, 7) is 0. The average molecular weight is 213 g/mol. The first-order valence-electron chi connectivity index (χ1n) is 4.90. The van der Waals surface area contributed by atoms with E-state index in [4.69, 9.17) is 0 Å². The molecule has 0 atom stereocenters. The van der Waals surface area contributed by atoms with Gasteiger partial charge in [-0.05, 0) is 12.1 Å². The largest absolute Gasteiger partial charge is 0.279 e. The van der Waals surface area contributed by atoms with Crippen molar-refractivity contribution in [1.29, 1.82) is 0 Å². The van der Waals surface area contributed by atoms with Crippen LogP contribution >= 0.6 is 0 Å². The van der Waals surface area contributed by atoms with Crippen LogP contribution in [0.5, 0.6) is 0 Å².